The zero-order valence-corrected chi connectivity index (χ0v) is 12.7. The van der Waals surface area contributed by atoms with Crippen LogP contribution < -0.4 is 5.73 Å². The topological polar surface area (TPSA) is 29.3 Å². The lowest BCUT2D eigenvalue weighted by atomic mass is 9.86. The molecule has 1 aromatic carbocycles. The van der Waals surface area contributed by atoms with Gasteiger partial charge in [-0.05, 0) is 50.3 Å². The molecular weight excluding hydrogens is 256 g/mol. The van der Waals surface area contributed by atoms with Crippen LogP contribution in [0.15, 0.2) is 24.3 Å². The minimum atomic E-state index is 0.229. The molecule has 0 amide bonds. The summed E-state index contributed by atoms with van der Waals surface area (Å²) in [4.78, 5) is 2.44. The Kier molecular flexibility index (Phi) is 5.26. The second-order valence-corrected chi connectivity index (χ2v) is 6.26. The van der Waals surface area contributed by atoms with Gasteiger partial charge >= 0.3 is 0 Å². The third-order valence-electron chi connectivity index (χ3n) is 4.54. The van der Waals surface area contributed by atoms with Crippen LogP contribution in [-0.2, 0) is 0 Å². The molecule has 1 aromatic rings. The van der Waals surface area contributed by atoms with Crippen molar-refractivity contribution in [2.75, 3.05) is 13.6 Å². The van der Waals surface area contributed by atoms with Crippen molar-refractivity contribution >= 4 is 11.6 Å². The second-order valence-electron chi connectivity index (χ2n) is 5.85. The van der Waals surface area contributed by atoms with Crippen molar-refractivity contribution in [3.63, 3.8) is 0 Å². The summed E-state index contributed by atoms with van der Waals surface area (Å²) in [6.07, 6.45) is 5.21. The van der Waals surface area contributed by atoms with Gasteiger partial charge in [-0.2, -0.15) is 0 Å². The molecule has 1 atom stereocenters. The van der Waals surface area contributed by atoms with Gasteiger partial charge in [0.05, 0.1) is 0 Å². The van der Waals surface area contributed by atoms with Crippen molar-refractivity contribution in [3.05, 3.63) is 34.9 Å². The minimum absolute atomic E-state index is 0.229. The molecule has 0 spiro atoms. The number of halogens is 1. The van der Waals surface area contributed by atoms with Gasteiger partial charge in [0.1, 0.15) is 0 Å². The lowest BCUT2D eigenvalue weighted by Crippen LogP contribution is -2.40. The van der Waals surface area contributed by atoms with E-state index in [4.69, 9.17) is 17.3 Å². The monoisotopic (exact) mass is 280 g/mol. The molecular formula is C16H25ClN2. The molecule has 2 N–H and O–H groups in total. The van der Waals surface area contributed by atoms with Gasteiger partial charge in [-0.25, -0.2) is 0 Å². The first-order valence-corrected chi connectivity index (χ1v) is 7.67. The highest BCUT2D eigenvalue weighted by Gasteiger charge is 2.27. The van der Waals surface area contributed by atoms with E-state index in [0.29, 0.717) is 12.6 Å². The van der Waals surface area contributed by atoms with Gasteiger partial charge in [-0.1, -0.05) is 36.7 Å². The predicted octanol–water partition coefficient (Wildman–Crippen LogP) is 3.85. The molecule has 19 heavy (non-hydrogen) atoms. The van der Waals surface area contributed by atoms with Gasteiger partial charge in [-0.15, -0.1) is 0 Å². The summed E-state index contributed by atoms with van der Waals surface area (Å²) >= 11 is 6.32. The molecule has 2 rings (SSSR count). The number of hydrogen-bond donors (Lipinski definition) is 1. The SMILES string of the molecule is CC1CCC(N(C)C(CN)c2ccccc2Cl)CC1. The molecule has 0 radical (unpaired) electrons. The van der Waals surface area contributed by atoms with Crippen molar-refractivity contribution in [2.45, 2.75) is 44.7 Å². The molecule has 106 valence electrons. The highest BCUT2D eigenvalue weighted by atomic mass is 35.5. The zero-order valence-electron chi connectivity index (χ0n) is 12.0. The van der Waals surface area contributed by atoms with E-state index in [1.165, 1.54) is 25.7 Å². The van der Waals surface area contributed by atoms with E-state index < -0.39 is 0 Å². The number of nitrogens with zero attached hydrogens (tertiary/aromatic N) is 1. The average molecular weight is 281 g/mol. The van der Waals surface area contributed by atoms with Crippen LogP contribution in [0.5, 0.6) is 0 Å². The van der Waals surface area contributed by atoms with E-state index in [2.05, 4.69) is 24.9 Å². The van der Waals surface area contributed by atoms with E-state index in [-0.39, 0.29) is 6.04 Å². The van der Waals surface area contributed by atoms with E-state index in [0.717, 1.165) is 16.5 Å². The van der Waals surface area contributed by atoms with Gasteiger partial charge < -0.3 is 5.73 Å². The smallest absolute Gasteiger partial charge is 0.0485 e. The Morgan fingerprint density at radius 1 is 1.26 bits per heavy atom. The largest absolute Gasteiger partial charge is 0.329 e. The van der Waals surface area contributed by atoms with Crippen LogP contribution in [0, 0.1) is 5.92 Å². The fraction of sp³-hybridized carbons (Fsp3) is 0.625. The zero-order chi connectivity index (χ0) is 13.8. The Balaban J connectivity index is 2.11. The molecule has 0 heterocycles. The Morgan fingerprint density at radius 2 is 1.89 bits per heavy atom. The molecule has 3 heteroatoms. The molecule has 0 aromatic heterocycles. The summed E-state index contributed by atoms with van der Waals surface area (Å²) in [5, 5.41) is 0.828. The molecule has 1 unspecified atom stereocenters. The first-order chi connectivity index (χ1) is 9.13. The van der Waals surface area contributed by atoms with Gasteiger partial charge in [0.25, 0.3) is 0 Å². The average Bonchev–Trinajstić information content (AvgIpc) is 2.42. The summed E-state index contributed by atoms with van der Waals surface area (Å²) in [6, 6.07) is 8.94. The summed E-state index contributed by atoms with van der Waals surface area (Å²) in [7, 11) is 2.20. The molecule has 0 bridgehead atoms. The quantitative estimate of drug-likeness (QED) is 0.908. The van der Waals surface area contributed by atoms with Crippen LogP contribution in [0.1, 0.15) is 44.2 Å². The maximum atomic E-state index is 6.32. The number of nitrogens with two attached hydrogens (primary N) is 1. The maximum absolute atomic E-state index is 6.32. The van der Waals surface area contributed by atoms with E-state index in [9.17, 15) is 0 Å². The Labute approximate surface area is 121 Å². The number of hydrogen-bond acceptors (Lipinski definition) is 2. The van der Waals surface area contributed by atoms with Crippen LogP contribution in [0.4, 0.5) is 0 Å². The van der Waals surface area contributed by atoms with Gasteiger partial charge in [0, 0.05) is 23.7 Å². The molecule has 1 aliphatic carbocycles. The molecule has 2 nitrogen and oxygen atoms in total. The first kappa shape index (κ1) is 14.8. The summed E-state index contributed by atoms with van der Waals surface area (Å²) < 4.78 is 0. The first-order valence-electron chi connectivity index (χ1n) is 7.30. The minimum Gasteiger partial charge on any atom is -0.329 e. The van der Waals surface area contributed by atoms with Gasteiger partial charge in [0.15, 0.2) is 0 Å². The third kappa shape index (κ3) is 3.50. The Hall–Kier alpha value is -0.570. The van der Waals surface area contributed by atoms with Crippen molar-refractivity contribution in [1.29, 1.82) is 0 Å². The molecule has 1 saturated carbocycles. The van der Waals surface area contributed by atoms with Gasteiger partial charge in [0.2, 0.25) is 0 Å². The lowest BCUT2D eigenvalue weighted by molar-refractivity contribution is 0.126. The summed E-state index contributed by atoms with van der Waals surface area (Å²) in [6.45, 7) is 2.97. The maximum Gasteiger partial charge on any atom is 0.0485 e. The Bertz CT molecular complexity index is 399. The fourth-order valence-corrected chi connectivity index (χ4v) is 3.42. The van der Waals surface area contributed by atoms with Crippen LogP contribution in [0.3, 0.4) is 0 Å². The number of likely N-dealkylation sites (N-methyl/N-ethyl adjacent to an activating group) is 1. The van der Waals surface area contributed by atoms with Crippen molar-refractivity contribution < 1.29 is 0 Å². The van der Waals surface area contributed by atoms with E-state index >= 15 is 0 Å². The van der Waals surface area contributed by atoms with E-state index in [1.54, 1.807) is 0 Å². The second kappa shape index (κ2) is 6.74. The summed E-state index contributed by atoms with van der Waals surface area (Å²) in [5.41, 5.74) is 7.17. The van der Waals surface area contributed by atoms with Crippen molar-refractivity contribution in [1.82, 2.24) is 4.90 Å². The predicted molar refractivity (Wildman–Crippen MR) is 82.4 cm³/mol. The molecule has 0 saturated heterocycles. The van der Waals surface area contributed by atoms with Gasteiger partial charge in [-0.3, -0.25) is 4.90 Å². The van der Waals surface area contributed by atoms with Crippen molar-refractivity contribution in [3.8, 4) is 0 Å². The highest BCUT2D eigenvalue weighted by molar-refractivity contribution is 6.31. The Morgan fingerprint density at radius 3 is 2.47 bits per heavy atom. The highest BCUT2D eigenvalue weighted by Crippen LogP contribution is 2.33. The molecule has 0 aliphatic heterocycles. The van der Waals surface area contributed by atoms with Crippen LogP contribution in [0.2, 0.25) is 5.02 Å². The fourth-order valence-electron chi connectivity index (χ4n) is 3.16. The number of benzene rings is 1. The normalized spacial score (nSPS) is 25.5. The van der Waals surface area contributed by atoms with Crippen LogP contribution >= 0.6 is 11.6 Å². The third-order valence-corrected chi connectivity index (χ3v) is 4.88. The van der Waals surface area contributed by atoms with E-state index in [1.807, 2.05) is 18.2 Å². The lowest BCUT2D eigenvalue weighted by Gasteiger charge is -2.38. The van der Waals surface area contributed by atoms with Crippen molar-refractivity contribution in [2.24, 2.45) is 11.7 Å². The van der Waals surface area contributed by atoms with Crippen LogP contribution in [-0.4, -0.2) is 24.5 Å². The molecule has 1 fully saturated rings. The number of rotatable bonds is 4. The standard InChI is InChI=1S/C16H25ClN2/c1-12-7-9-13(10-8-12)19(2)16(11-18)14-5-3-4-6-15(14)17/h3-6,12-13,16H,7-11,18H2,1-2H3. The van der Waals surface area contributed by atoms with Crippen LogP contribution in [0.25, 0.3) is 0 Å². The molecule has 1 aliphatic rings. The summed E-state index contributed by atoms with van der Waals surface area (Å²) in [5.74, 6) is 0.876.